The smallest absolute Gasteiger partial charge is 0.338 e. The maximum Gasteiger partial charge on any atom is 0.338 e. The molecular weight excluding hydrogens is 329 g/mol. The summed E-state index contributed by atoms with van der Waals surface area (Å²) in [6.07, 6.45) is 4.05. The Balaban J connectivity index is 1.59. The summed E-state index contributed by atoms with van der Waals surface area (Å²) in [5, 5.41) is 19.3. The highest BCUT2D eigenvalue weighted by Gasteiger charge is 2.10. The topological polar surface area (TPSA) is 102 Å². The minimum absolute atomic E-state index is 0.00182. The molecule has 8 nitrogen and oxygen atoms in total. The van der Waals surface area contributed by atoms with Crippen molar-refractivity contribution in [1.29, 1.82) is 0 Å². The van der Waals surface area contributed by atoms with E-state index in [9.17, 15) is 14.0 Å². The lowest BCUT2D eigenvalue weighted by atomic mass is 10.2. The van der Waals surface area contributed by atoms with Gasteiger partial charge in [-0.15, -0.1) is 0 Å². The van der Waals surface area contributed by atoms with Crippen LogP contribution in [-0.4, -0.2) is 36.5 Å². The number of halogens is 1. The number of rotatable bonds is 6. The number of nitrogens with one attached hydrogen (secondary N) is 1. The Hall–Kier alpha value is -3.49. The molecule has 0 saturated carbocycles. The van der Waals surface area contributed by atoms with E-state index >= 15 is 0 Å². The summed E-state index contributed by atoms with van der Waals surface area (Å²) in [4.78, 5) is 22.7. The third kappa shape index (κ3) is 4.08. The molecule has 1 amide bonds. The first kappa shape index (κ1) is 16.4. The molecule has 0 radical (unpaired) electrons. The van der Waals surface area contributed by atoms with E-state index in [1.54, 1.807) is 30.5 Å². The Morgan fingerprint density at radius 3 is 2.72 bits per heavy atom. The first-order valence-corrected chi connectivity index (χ1v) is 7.34. The van der Waals surface area contributed by atoms with Gasteiger partial charge < -0.3 is 10.4 Å². The predicted molar refractivity (Wildman–Crippen MR) is 85.5 cm³/mol. The van der Waals surface area contributed by atoms with Gasteiger partial charge >= 0.3 is 5.97 Å². The van der Waals surface area contributed by atoms with Crippen molar-refractivity contribution in [2.75, 3.05) is 5.32 Å². The van der Waals surface area contributed by atoms with Gasteiger partial charge in [0.15, 0.2) is 5.82 Å². The van der Waals surface area contributed by atoms with Crippen LogP contribution < -0.4 is 5.32 Å². The Bertz CT molecular complexity index is 918. The number of carbonyl (C=O) groups is 2. The number of carboxylic acid groups (broad SMARTS) is 1. The third-order valence-corrected chi connectivity index (χ3v) is 3.38. The molecule has 9 heteroatoms. The predicted octanol–water partition coefficient (Wildman–Crippen LogP) is 1.60. The summed E-state index contributed by atoms with van der Waals surface area (Å²) in [5.74, 6) is -1.53. The van der Waals surface area contributed by atoms with Gasteiger partial charge in [-0.3, -0.25) is 14.2 Å². The van der Waals surface area contributed by atoms with E-state index in [1.165, 1.54) is 27.8 Å². The van der Waals surface area contributed by atoms with E-state index < -0.39 is 11.9 Å². The second-order valence-corrected chi connectivity index (χ2v) is 5.27. The monoisotopic (exact) mass is 343 g/mol. The minimum atomic E-state index is -1.11. The number of aromatic nitrogens is 4. The van der Waals surface area contributed by atoms with Crippen LogP contribution >= 0.6 is 0 Å². The van der Waals surface area contributed by atoms with Gasteiger partial charge in [0.2, 0.25) is 5.91 Å². The third-order valence-electron chi connectivity index (χ3n) is 3.38. The van der Waals surface area contributed by atoms with Gasteiger partial charge in [-0.05, 0) is 6.07 Å². The molecule has 128 valence electrons. The molecule has 1 aromatic carbocycles. The van der Waals surface area contributed by atoms with Crippen LogP contribution in [0.5, 0.6) is 0 Å². The number of nitrogens with zero attached hydrogens (tertiary/aromatic N) is 4. The van der Waals surface area contributed by atoms with E-state index in [4.69, 9.17) is 5.11 Å². The quantitative estimate of drug-likeness (QED) is 0.708. The first-order chi connectivity index (χ1) is 12.0. The van der Waals surface area contributed by atoms with Crippen LogP contribution in [-0.2, 0) is 17.9 Å². The molecular formula is C16H14FN5O3. The van der Waals surface area contributed by atoms with Crippen LogP contribution in [0.2, 0.25) is 0 Å². The zero-order chi connectivity index (χ0) is 17.8. The van der Waals surface area contributed by atoms with Crippen molar-refractivity contribution in [2.45, 2.75) is 13.1 Å². The number of carbonyl (C=O) groups excluding carboxylic acids is 1. The molecule has 0 fully saturated rings. The van der Waals surface area contributed by atoms with E-state index in [-0.39, 0.29) is 24.5 Å². The number of hydrogen-bond acceptors (Lipinski definition) is 4. The molecule has 2 N–H and O–H groups in total. The minimum Gasteiger partial charge on any atom is -0.478 e. The normalized spacial score (nSPS) is 10.6. The lowest BCUT2D eigenvalue weighted by molar-refractivity contribution is -0.116. The zero-order valence-corrected chi connectivity index (χ0v) is 13.0. The molecule has 0 saturated heterocycles. The number of hydrogen-bond donors (Lipinski definition) is 2. The van der Waals surface area contributed by atoms with Crippen molar-refractivity contribution in [3.05, 3.63) is 65.9 Å². The van der Waals surface area contributed by atoms with Crippen LogP contribution in [0, 0.1) is 5.82 Å². The average Bonchev–Trinajstić information content (AvgIpc) is 3.19. The van der Waals surface area contributed by atoms with Crippen molar-refractivity contribution < 1.29 is 19.1 Å². The van der Waals surface area contributed by atoms with Gasteiger partial charge in [0.1, 0.15) is 12.4 Å². The van der Waals surface area contributed by atoms with E-state index in [0.29, 0.717) is 11.4 Å². The van der Waals surface area contributed by atoms with Crippen LogP contribution in [0.4, 0.5) is 10.2 Å². The highest BCUT2D eigenvalue weighted by atomic mass is 19.1. The molecule has 2 heterocycles. The molecule has 3 rings (SSSR count). The Morgan fingerprint density at radius 2 is 2.00 bits per heavy atom. The molecule has 25 heavy (non-hydrogen) atoms. The van der Waals surface area contributed by atoms with Gasteiger partial charge in [-0.1, -0.05) is 18.2 Å². The fourth-order valence-electron chi connectivity index (χ4n) is 2.21. The molecule has 0 aliphatic carbocycles. The lowest BCUT2D eigenvalue weighted by Crippen LogP contribution is -2.19. The van der Waals surface area contributed by atoms with E-state index in [0.717, 1.165) is 0 Å². The SMILES string of the molecule is O=C(Cn1cc(C(=O)O)cn1)Nc1ccn(Cc2ccccc2F)n1. The van der Waals surface area contributed by atoms with E-state index in [1.807, 2.05) is 0 Å². The number of benzene rings is 1. The summed E-state index contributed by atoms with van der Waals surface area (Å²) >= 11 is 0. The zero-order valence-electron chi connectivity index (χ0n) is 13.0. The number of aromatic carboxylic acids is 1. The van der Waals surface area contributed by atoms with Gasteiger partial charge in [-0.2, -0.15) is 10.2 Å². The second-order valence-electron chi connectivity index (χ2n) is 5.27. The lowest BCUT2D eigenvalue weighted by Gasteiger charge is -2.04. The molecule has 0 bridgehead atoms. The second kappa shape index (κ2) is 6.95. The maximum absolute atomic E-state index is 13.6. The van der Waals surface area contributed by atoms with Crippen molar-refractivity contribution in [3.63, 3.8) is 0 Å². The Labute approximate surface area is 141 Å². The van der Waals surface area contributed by atoms with Crippen LogP contribution in [0.15, 0.2) is 48.9 Å². The van der Waals surface area contributed by atoms with Crippen LogP contribution in [0.1, 0.15) is 15.9 Å². The molecule has 3 aromatic rings. The summed E-state index contributed by atoms with van der Waals surface area (Å²) in [6, 6.07) is 7.97. The summed E-state index contributed by atoms with van der Waals surface area (Å²) in [5.41, 5.74) is 0.489. The number of amides is 1. The number of anilines is 1. The molecule has 0 spiro atoms. The van der Waals surface area contributed by atoms with Gasteiger partial charge in [0.05, 0.1) is 18.3 Å². The maximum atomic E-state index is 13.6. The highest BCUT2D eigenvalue weighted by molar-refractivity contribution is 5.90. The van der Waals surface area contributed by atoms with Gasteiger partial charge in [0.25, 0.3) is 0 Å². The Kier molecular flexibility index (Phi) is 4.55. The van der Waals surface area contributed by atoms with Crippen molar-refractivity contribution in [1.82, 2.24) is 19.6 Å². The van der Waals surface area contributed by atoms with Gasteiger partial charge in [0, 0.05) is 24.0 Å². The molecule has 0 aliphatic heterocycles. The average molecular weight is 343 g/mol. The number of carboxylic acids is 1. The standard InChI is InChI=1S/C16H14FN5O3/c17-13-4-2-1-3-11(13)8-21-6-5-14(20-21)19-15(23)10-22-9-12(7-18-22)16(24)25/h1-7,9H,8,10H2,(H,24,25)(H,19,20,23). The van der Waals surface area contributed by atoms with Crippen LogP contribution in [0.3, 0.4) is 0 Å². The van der Waals surface area contributed by atoms with Crippen molar-refractivity contribution >= 4 is 17.7 Å². The van der Waals surface area contributed by atoms with Crippen molar-refractivity contribution in [2.24, 2.45) is 0 Å². The summed E-state index contributed by atoms with van der Waals surface area (Å²) in [7, 11) is 0. The van der Waals surface area contributed by atoms with Gasteiger partial charge in [-0.25, -0.2) is 9.18 Å². The molecule has 0 aliphatic rings. The largest absolute Gasteiger partial charge is 0.478 e. The summed E-state index contributed by atoms with van der Waals surface area (Å²) in [6.45, 7) is 0.0944. The molecule has 0 unspecified atom stereocenters. The van der Waals surface area contributed by atoms with Crippen molar-refractivity contribution in [3.8, 4) is 0 Å². The van der Waals surface area contributed by atoms with E-state index in [2.05, 4.69) is 15.5 Å². The summed E-state index contributed by atoms with van der Waals surface area (Å²) < 4.78 is 16.4. The highest BCUT2D eigenvalue weighted by Crippen LogP contribution is 2.10. The van der Waals surface area contributed by atoms with Crippen LogP contribution in [0.25, 0.3) is 0 Å². The first-order valence-electron chi connectivity index (χ1n) is 7.34. The fourth-order valence-corrected chi connectivity index (χ4v) is 2.21. The molecule has 2 aromatic heterocycles. The molecule has 0 atom stereocenters. The fraction of sp³-hybridized carbons (Fsp3) is 0.125. The Morgan fingerprint density at radius 1 is 1.20 bits per heavy atom.